The normalized spacial score (nSPS) is 12.4. The van der Waals surface area contributed by atoms with E-state index in [0.29, 0.717) is 0 Å². The lowest BCUT2D eigenvalue weighted by molar-refractivity contribution is -0.112. The highest BCUT2D eigenvalue weighted by atomic mass is 19.1. The molecule has 0 unspecified atom stereocenters. The second-order valence-electron chi connectivity index (χ2n) is 3.80. The van der Waals surface area contributed by atoms with Crippen LogP contribution in [0.1, 0.15) is 10.4 Å². The predicted octanol–water partition coefficient (Wildman–Crippen LogP) is 0.814. The van der Waals surface area contributed by atoms with E-state index in [4.69, 9.17) is 10.5 Å². The fourth-order valence-corrected chi connectivity index (χ4v) is 1.79. The van der Waals surface area contributed by atoms with Crippen LogP contribution in [0.4, 0.5) is 15.8 Å². The van der Waals surface area contributed by atoms with Crippen LogP contribution in [-0.2, 0) is 4.79 Å². The van der Waals surface area contributed by atoms with Gasteiger partial charge in [-0.15, -0.1) is 0 Å². The molecule has 0 aromatic heterocycles. The largest absolute Gasteiger partial charge is 0.342 e. The summed E-state index contributed by atoms with van der Waals surface area (Å²) in [5, 5.41) is 19.6. The summed E-state index contributed by atoms with van der Waals surface area (Å²) in [6, 6.07) is 5.82. The fourth-order valence-electron chi connectivity index (χ4n) is 1.79. The van der Waals surface area contributed by atoms with Crippen LogP contribution in [-0.4, -0.2) is 24.8 Å². The monoisotopic (exact) mass is 258 g/mol. The molecule has 0 radical (unpaired) electrons. The fraction of sp³-hybridized carbons (Fsp3) is 0.167. The van der Waals surface area contributed by atoms with Gasteiger partial charge in [-0.1, -0.05) is 0 Å². The van der Waals surface area contributed by atoms with Gasteiger partial charge in [0.05, 0.1) is 29.1 Å². The third-order valence-corrected chi connectivity index (χ3v) is 2.65. The molecule has 1 aromatic carbocycles. The number of Topliss-reactive ketones (excluding diaryl/α,β-unsaturated/α-hetero) is 1. The number of benzene rings is 1. The van der Waals surface area contributed by atoms with Gasteiger partial charge in [-0.25, -0.2) is 4.39 Å². The minimum absolute atomic E-state index is 0.00292. The number of amides is 1. The van der Waals surface area contributed by atoms with E-state index in [2.05, 4.69) is 5.32 Å². The van der Waals surface area contributed by atoms with Crippen LogP contribution in [0.2, 0.25) is 0 Å². The first-order valence-electron chi connectivity index (χ1n) is 5.26. The number of anilines is 2. The second-order valence-corrected chi connectivity index (χ2v) is 3.80. The summed E-state index contributed by atoms with van der Waals surface area (Å²) < 4.78 is 13.9. The van der Waals surface area contributed by atoms with E-state index < -0.39 is 17.5 Å². The minimum atomic E-state index is -0.821. The second kappa shape index (κ2) is 4.75. The summed E-state index contributed by atoms with van der Waals surface area (Å²) >= 11 is 0. The van der Waals surface area contributed by atoms with Crippen LogP contribution in [0.15, 0.2) is 12.1 Å². The van der Waals surface area contributed by atoms with Gasteiger partial charge >= 0.3 is 0 Å². The zero-order valence-corrected chi connectivity index (χ0v) is 9.61. The summed E-state index contributed by atoms with van der Waals surface area (Å²) in [5.41, 5.74) is 0.143. The van der Waals surface area contributed by atoms with Gasteiger partial charge in [0.1, 0.15) is 18.9 Å². The van der Waals surface area contributed by atoms with Crippen molar-refractivity contribution in [1.29, 1.82) is 10.5 Å². The minimum Gasteiger partial charge on any atom is -0.342 e. The Morgan fingerprint density at radius 3 is 2.42 bits per heavy atom. The molecule has 19 heavy (non-hydrogen) atoms. The van der Waals surface area contributed by atoms with Gasteiger partial charge in [-0.3, -0.25) is 9.59 Å². The Morgan fingerprint density at radius 1 is 1.21 bits per heavy atom. The van der Waals surface area contributed by atoms with E-state index in [9.17, 15) is 14.0 Å². The summed E-state index contributed by atoms with van der Waals surface area (Å²) in [6.07, 6.45) is 0. The van der Waals surface area contributed by atoms with E-state index in [1.54, 1.807) is 0 Å². The van der Waals surface area contributed by atoms with Crippen molar-refractivity contribution in [3.8, 4) is 12.1 Å². The molecule has 0 fully saturated rings. The number of ketones is 1. The van der Waals surface area contributed by atoms with Crippen molar-refractivity contribution in [2.24, 2.45) is 0 Å². The number of nitrogens with zero attached hydrogens (tertiary/aromatic N) is 3. The lowest BCUT2D eigenvalue weighted by atomic mass is 10.1. The summed E-state index contributed by atoms with van der Waals surface area (Å²) in [5.74, 6) is -2.37. The average molecular weight is 258 g/mol. The number of fused-ring (bicyclic) bond motifs is 1. The quantitative estimate of drug-likeness (QED) is 0.639. The molecular formula is C12H7FN4O2. The third-order valence-electron chi connectivity index (χ3n) is 2.65. The van der Waals surface area contributed by atoms with Gasteiger partial charge in [-0.05, 0) is 12.1 Å². The smallest absolute Gasteiger partial charge is 0.296 e. The Morgan fingerprint density at radius 2 is 1.84 bits per heavy atom. The number of carbonyl (C=O) groups is 2. The Kier molecular flexibility index (Phi) is 3.13. The number of carbonyl (C=O) groups excluding carboxylic acids is 2. The average Bonchev–Trinajstić information content (AvgIpc) is 2.64. The lowest BCUT2D eigenvalue weighted by Gasteiger charge is -2.19. The van der Waals surface area contributed by atoms with Crippen LogP contribution in [0, 0.1) is 28.5 Å². The van der Waals surface area contributed by atoms with Crippen molar-refractivity contribution in [3.05, 3.63) is 23.5 Å². The Hall–Kier alpha value is -2.93. The third kappa shape index (κ3) is 2.09. The van der Waals surface area contributed by atoms with E-state index in [1.807, 2.05) is 12.1 Å². The van der Waals surface area contributed by atoms with Gasteiger partial charge in [0.2, 0.25) is 0 Å². The molecule has 1 N–H and O–H groups in total. The highest BCUT2D eigenvalue weighted by Crippen LogP contribution is 2.31. The van der Waals surface area contributed by atoms with Crippen LogP contribution in [0.25, 0.3) is 0 Å². The Balaban J connectivity index is 2.47. The summed E-state index contributed by atoms with van der Waals surface area (Å²) in [6.45, 7) is -0.351. The molecule has 2 rings (SSSR count). The van der Waals surface area contributed by atoms with Crippen molar-refractivity contribution >= 4 is 23.1 Å². The van der Waals surface area contributed by atoms with Gasteiger partial charge in [-0.2, -0.15) is 10.5 Å². The standard InChI is InChI=1S/C12H7FN4O2/c13-8-5-7-9(16-12(19)11(7)18)6-10(8)17(3-1-14)4-2-15/h5-6H,3-4H2,(H,16,18,19). The molecule has 1 aliphatic heterocycles. The first-order valence-corrected chi connectivity index (χ1v) is 5.26. The molecule has 0 spiro atoms. The molecule has 1 heterocycles. The topological polar surface area (TPSA) is 97.0 Å². The van der Waals surface area contributed by atoms with Crippen molar-refractivity contribution in [2.45, 2.75) is 0 Å². The highest BCUT2D eigenvalue weighted by Gasteiger charge is 2.30. The van der Waals surface area contributed by atoms with Crippen LogP contribution in [0.5, 0.6) is 0 Å². The summed E-state index contributed by atoms with van der Waals surface area (Å²) in [4.78, 5) is 23.8. The van der Waals surface area contributed by atoms with E-state index >= 15 is 0 Å². The number of nitriles is 2. The van der Waals surface area contributed by atoms with Gasteiger partial charge in [0.15, 0.2) is 0 Å². The number of nitrogens with one attached hydrogen (secondary N) is 1. The molecule has 0 atom stereocenters. The van der Waals surface area contributed by atoms with Gasteiger partial charge in [0.25, 0.3) is 11.7 Å². The SMILES string of the molecule is N#CCN(CC#N)c1cc2c(cc1F)C(=O)C(=O)N2. The van der Waals surface area contributed by atoms with E-state index in [1.165, 1.54) is 11.0 Å². The maximum atomic E-state index is 13.9. The molecule has 1 amide bonds. The van der Waals surface area contributed by atoms with E-state index in [-0.39, 0.29) is 30.0 Å². The molecular weight excluding hydrogens is 251 g/mol. The lowest BCUT2D eigenvalue weighted by Crippen LogP contribution is -2.25. The molecule has 1 aromatic rings. The zero-order valence-electron chi connectivity index (χ0n) is 9.61. The van der Waals surface area contributed by atoms with Crippen LogP contribution in [0.3, 0.4) is 0 Å². The summed E-state index contributed by atoms with van der Waals surface area (Å²) in [7, 11) is 0. The zero-order chi connectivity index (χ0) is 14.0. The molecule has 1 aliphatic rings. The van der Waals surface area contributed by atoms with Crippen molar-refractivity contribution in [1.82, 2.24) is 0 Å². The highest BCUT2D eigenvalue weighted by molar-refractivity contribution is 6.51. The molecule has 94 valence electrons. The van der Waals surface area contributed by atoms with Gasteiger partial charge in [0, 0.05) is 0 Å². The first kappa shape index (κ1) is 12.5. The van der Waals surface area contributed by atoms with E-state index in [0.717, 1.165) is 6.07 Å². The Bertz CT molecular complexity index is 641. The Labute approximate surface area is 107 Å². The maximum absolute atomic E-state index is 13.9. The maximum Gasteiger partial charge on any atom is 0.296 e. The predicted molar refractivity (Wildman–Crippen MR) is 62.8 cm³/mol. The molecule has 0 saturated heterocycles. The molecule has 6 nitrogen and oxygen atoms in total. The van der Waals surface area contributed by atoms with Crippen LogP contribution < -0.4 is 10.2 Å². The first-order chi connectivity index (χ1) is 9.08. The number of hydrogen-bond acceptors (Lipinski definition) is 5. The van der Waals surface area contributed by atoms with Crippen LogP contribution >= 0.6 is 0 Å². The molecule has 0 bridgehead atoms. The number of hydrogen-bond donors (Lipinski definition) is 1. The molecule has 0 saturated carbocycles. The van der Waals surface area contributed by atoms with Crippen molar-refractivity contribution < 1.29 is 14.0 Å². The molecule has 7 heteroatoms. The van der Waals surface area contributed by atoms with Crippen molar-refractivity contribution in [3.63, 3.8) is 0 Å². The number of halogens is 1. The van der Waals surface area contributed by atoms with Crippen molar-refractivity contribution in [2.75, 3.05) is 23.3 Å². The molecule has 0 aliphatic carbocycles. The number of rotatable bonds is 3. The van der Waals surface area contributed by atoms with Gasteiger partial charge < -0.3 is 10.2 Å².